The van der Waals surface area contributed by atoms with Gasteiger partial charge in [0.25, 0.3) is 0 Å². The summed E-state index contributed by atoms with van der Waals surface area (Å²) in [7, 11) is 0. The molecule has 1 heterocycles. The number of benzene rings is 7. The van der Waals surface area contributed by atoms with Gasteiger partial charge in [-0.15, -0.1) is 0 Å². The molecule has 0 N–H and O–H groups in total. The molecule has 0 amide bonds. The molecule has 0 aromatic heterocycles. The van der Waals surface area contributed by atoms with Crippen LogP contribution in [-0.2, 0) is 0 Å². The summed E-state index contributed by atoms with van der Waals surface area (Å²) in [5, 5.41) is 2.04. The average Bonchev–Trinajstić information content (AvgIpc) is 3.24. The van der Waals surface area contributed by atoms with Gasteiger partial charge in [0.2, 0.25) is 0 Å². The third-order valence-corrected chi connectivity index (χ3v) is 7.92. The summed E-state index contributed by atoms with van der Waals surface area (Å²) in [6.45, 7) is 0. The van der Waals surface area contributed by atoms with Crippen molar-refractivity contribution in [3.05, 3.63) is 164 Å². The van der Waals surface area contributed by atoms with E-state index in [0.29, 0.717) is 11.5 Å². The molecule has 0 unspecified atom stereocenters. The van der Waals surface area contributed by atoms with Crippen LogP contribution < -0.4 is 14.4 Å². The molecule has 0 saturated carbocycles. The molecule has 0 radical (unpaired) electrons. The van der Waals surface area contributed by atoms with E-state index < -0.39 is 0 Å². The monoisotopic (exact) mass is 553 g/mol. The van der Waals surface area contributed by atoms with E-state index in [-0.39, 0.29) is 0 Å². The summed E-state index contributed by atoms with van der Waals surface area (Å²) in [6, 6.07) is 56.5. The van der Waals surface area contributed by atoms with Gasteiger partial charge < -0.3 is 14.4 Å². The summed E-state index contributed by atoms with van der Waals surface area (Å²) in [5.41, 5.74) is 7.54. The molecule has 3 nitrogen and oxygen atoms in total. The highest BCUT2D eigenvalue weighted by Crippen LogP contribution is 2.53. The second-order valence-corrected chi connectivity index (χ2v) is 10.6. The van der Waals surface area contributed by atoms with Crippen molar-refractivity contribution in [3.63, 3.8) is 0 Å². The standard InChI is InChI=1S/C40H27NO2/c1-3-12-28(13-4-1)29-24-26-32(27-25-29)41(34-19-8-7-18-33(34)30-14-5-2-6-15-30)35-20-11-23-38-40(35)43-37-22-10-17-31-16-9-21-36(42-38)39(31)37/h1-27H. The van der Waals surface area contributed by atoms with Crippen LogP contribution in [0.15, 0.2) is 164 Å². The van der Waals surface area contributed by atoms with Crippen LogP contribution in [0.1, 0.15) is 0 Å². The number of fused-ring (bicyclic) bond motifs is 1. The number of para-hydroxylation sites is 2. The second-order valence-electron chi connectivity index (χ2n) is 10.6. The summed E-state index contributed by atoms with van der Waals surface area (Å²) in [6.07, 6.45) is 0. The lowest BCUT2D eigenvalue weighted by molar-refractivity contribution is 0.440. The van der Waals surface area contributed by atoms with Crippen LogP contribution in [-0.4, -0.2) is 0 Å². The van der Waals surface area contributed by atoms with Gasteiger partial charge in [-0.25, -0.2) is 0 Å². The van der Waals surface area contributed by atoms with Crippen LogP contribution in [0.3, 0.4) is 0 Å². The number of hydrogen-bond donors (Lipinski definition) is 0. The van der Waals surface area contributed by atoms with Crippen molar-refractivity contribution in [2.24, 2.45) is 0 Å². The topological polar surface area (TPSA) is 21.7 Å². The quantitative estimate of drug-likeness (QED) is 0.212. The molecule has 1 aliphatic heterocycles. The van der Waals surface area contributed by atoms with Gasteiger partial charge in [0.1, 0.15) is 11.5 Å². The van der Waals surface area contributed by atoms with E-state index in [0.717, 1.165) is 56.0 Å². The average molecular weight is 554 g/mol. The molecule has 1 aliphatic rings. The molecular formula is C40H27NO2. The third-order valence-electron chi connectivity index (χ3n) is 7.92. The minimum absolute atomic E-state index is 0.668. The smallest absolute Gasteiger partial charge is 0.193 e. The van der Waals surface area contributed by atoms with Crippen LogP contribution in [0.5, 0.6) is 23.0 Å². The first kappa shape index (κ1) is 25.0. The number of nitrogens with zero attached hydrogens (tertiary/aromatic N) is 1. The maximum absolute atomic E-state index is 6.80. The minimum Gasteiger partial charge on any atom is -0.453 e. The molecule has 0 atom stereocenters. The molecule has 0 spiro atoms. The molecule has 8 rings (SSSR count). The molecule has 7 aromatic rings. The van der Waals surface area contributed by atoms with Crippen LogP contribution in [0.2, 0.25) is 0 Å². The zero-order chi connectivity index (χ0) is 28.6. The highest BCUT2D eigenvalue weighted by atomic mass is 16.5. The minimum atomic E-state index is 0.668. The highest BCUT2D eigenvalue weighted by Gasteiger charge is 2.26. The fraction of sp³-hybridized carbons (Fsp3) is 0. The molecular weight excluding hydrogens is 526 g/mol. The lowest BCUT2D eigenvalue weighted by atomic mass is 10.0. The Labute approximate surface area is 250 Å². The molecule has 0 saturated heterocycles. The first-order chi connectivity index (χ1) is 21.3. The van der Waals surface area contributed by atoms with E-state index in [1.165, 1.54) is 5.56 Å². The number of rotatable bonds is 5. The number of anilines is 3. The maximum atomic E-state index is 6.80. The van der Waals surface area contributed by atoms with Gasteiger partial charge in [0, 0.05) is 11.3 Å². The summed E-state index contributed by atoms with van der Waals surface area (Å²) in [5.74, 6) is 2.90. The maximum Gasteiger partial charge on any atom is 0.193 e. The van der Waals surface area contributed by atoms with E-state index in [1.54, 1.807) is 0 Å². The van der Waals surface area contributed by atoms with Gasteiger partial charge in [-0.3, -0.25) is 0 Å². The zero-order valence-electron chi connectivity index (χ0n) is 23.4. The second kappa shape index (κ2) is 10.6. The Morgan fingerprint density at radius 2 is 0.930 bits per heavy atom. The van der Waals surface area contributed by atoms with E-state index in [2.05, 4.69) is 120 Å². The van der Waals surface area contributed by atoms with Crippen LogP contribution >= 0.6 is 0 Å². The van der Waals surface area contributed by atoms with E-state index in [4.69, 9.17) is 9.47 Å². The first-order valence-electron chi connectivity index (χ1n) is 14.4. The van der Waals surface area contributed by atoms with Crippen LogP contribution in [0.25, 0.3) is 33.0 Å². The molecule has 204 valence electrons. The Morgan fingerprint density at radius 3 is 1.67 bits per heavy atom. The largest absolute Gasteiger partial charge is 0.453 e. The van der Waals surface area contributed by atoms with Crippen molar-refractivity contribution in [2.75, 3.05) is 4.90 Å². The third kappa shape index (κ3) is 4.48. The van der Waals surface area contributed by atoms with Gasteiger partial charge in [0.05, 0.1) is 16.8 Å². The van der Waals surface area contributed by atoms with Gasteiger partial charge in [0.15, 0.2) is 11.5 Å². The Balaban J connectivity index is 1.34. The predicted molar refractivity (Wildman–Crippen MR) is 176 cm³/mol. The lowest BCUT2D eigenvalue weighted by Crippen LogP contribution is -2.12. The molecule has 7 aromatic carbocycles. The van der Waals surface area contributed by atoms with Crippen molar-refractivity contribution >= 4 is 27.8 Å². The highest BCUT2D eigenvalue weighted by molar-refractivity contribution is 5.96. The molecule has 43 heavy (non-hydrogen) atoms. The summed E-state index contributed by atoms with van der Waals surface area (Å²) >= 11 is 0. The van der Waals surface area contributed by atoms with Crippen LogP contribution in [0, 0.1) is 0 Å². The lowest BCUT2D eigenvalue weighted by Gasteiger charge is -2.29. The van der Waals surface area contributed by atoms with Crippen LogP contribution in [0.4, 0.5) is 17.1 Å². The Kier molecular flexibility index (Phi) is 6.12. The number of hydrogen-bond acceptors (Lipinski definition) is 3. The van der Waals surface area contributed by atoms with E-state index >= 15 is 0 Å². The molecule has 0 bridgehead atoms. The molecule has 3 heteroatoms. The SMILES string of the molecule is c1ccc(-c2ccc(N(c3ccccc3-c3ccccc3)c3cccc4c3Oc3cccc5cccc(c35)O4)cc2)cc1. The summed E-state index contributed by atoms with van der Waals surface area (Å²) < 4.78 is 13.4. The van der Waals surface area contributed by atoms with Crippen molar-refractivity contribution in [3.8, 4) is 45.3 Å². The summed E-state index contributed by atoms with van der Waals surface area (Å²) in [4.78, 5) is 2.27. The van der Waals surface area contributed by atoms with Crippen molar-refractivity contribution in [1.29, 1.82) is 0 Å². The normalized spacial score (nSPS) is 11.6. The zero-order valence-corrected chi connectivity index (χ0v) is 23.4. The van der Waals surface area contributed by atoms with E-state index in [9.17, 15) is 0 Å². The Morgan fingerprint density at radius 1 is 0.372 bits per heavy atom. The van der Waals surface area contributed by atoms with Gasteiger partial charge in [-0.2, -0.15) is 0 Å². The Bertz CT molecular complexity index is 2060. The predicted octanol–water partition coefficient (Wildman–Crippen LogP) is 11.5. The van der Waals surface area contributed by atoms with Crippen molar-refractivity contribution in [1.82, 2.24) is 0 Å². The van der Waals surface area contributed by atoms with E-state index in [1.807, 2.05) is 48.5 Å². The van der Waals surface area contributed by atoms with Crippen molar-refractivity contribution in [2.45, 2.75) is 0 Å². The Hall–Kier alpha value is -5.80. The number of ether oxygens (including phenoxy) is 2. The first-order valence-corrected chi connectivity index (χ1v) is 14.4. The molecule has 0 aliphatic carbocycles. The fourth-order valence-electron chi connectivity index (χ4n) is 5.91. The van der Waals surface area contributed by atoms with Gasteiger partial charge >= 0.3 is 0 Å². The van der Waals surface area contributed by atoms with Gasteiger partial charge in [-0.1, -0.05) is 121 Å². The van der Waals surface area contributed by atoms with Gasteiger partial charge in [-0.05, 0) is 64.5 Å². The van der Waals surface area contributed by atoms with Crippen molar-refractivity contribution < 1.29 is 9.47 Å². The fourth-order valence-corrected chi connectivity index (χ4v) is 5.91. The molecule has 0 fully saturated rings.